The van der Waals surface area contributed by atoms with Crippen molar-refractivity contribution in [3.05, 3.63) is 50.2 Å². The molecule has 2 aromatic rings. The SMILES string of the molecule is CC(O/N=C(/N)c1ccsc1)C(=O)Nc1ccc(I)cc1. The van der Waals surface area contributed by atoms with Crippen LogP contribution in [0.2, 0.25) is 0 Å². The smallest absolute Gasteiger partial charge is 0.267 e. The molecule has 3 N–H and O–H groups in total. The van der Waals surface area contributed by atoms with E-state index in [0.29, 0.717) is 5.69 Å². The molecule has 2 rings (SSSR count). The molecule has 1 atom stereocenters. The van der Waals surface area contributed by atoms with Gasteiger partial charge in [0, 0.05) is 20.2 Å². The Balaban J connectivity index is 1.90. The van der Waals surface area contributed by atoms with Gasteiger partial charge in [0.15, 0.2) is 5.84 Å². The normalized spacial score (nSPS) is 12.8. The molecule has 1 unspecified atom stereocenters. The Labute approximate surface area is 140 Å². The molecule has 0 aliphatic heterocycles. The lowest BCUT2D eigenvalue weighted by Gasteiger charge is -2.11. The number of nitrogens with two attached hydrogens (primary N) is 1. The van der Waals surface area contributed by atoms with Crippen LogP contribution in [0.25, 0.3) is 0 Å². The molecule has 0 saturated heterocycles. The molecule has 5 nitrogen and oxygen atoms in total. The highest BCUT2D eigenvalue weighted by molar-refractivity contribution is 14.1. The number of oxime groups is 1. The molecular formula is C14H14IN3O2S. The number of anilines is 1. The number of amides is 1. The zero-order valence-corrected chi connectivity index (χ0v) is 14.2. The monoisotopic (exact) mass is 415 g/mol. The van der Waals surface area contributed by atoms with Gasteiger partial charge in [-0.1, -0.05) is 5.16 Å². The van der Waals surface area contributed by atoms with Gasteiger partial charge in [-0.2, -0.15) is 11.3 Å². The van der Waals surface area contributed by atoms with Crippen LogP contribution in [0.1, 0.15) is 12.5 Å². The van der Waals surface area contributed by atoms with Gasteiger partial charge in [0.05, 0.1) is 0 Å². The maximum atomic E-state index is 12.0. The summed E-state index contributed by atoms with van der Waals surface area (Å²) in [7, 11) is 0. The minimum Gasteiger partial charge on any atom is -0.381 e. The topological polar surface area (TPSA) is 76.7 Å². The lowest BCUT2D eigenvalue weighted by atomic mass is 10.3. The maximum absolute atomic E-state index is 12.0. The molecule has 1 amide bonds. The van der Waals surface area contributed by atoms with E-state index in [4.69, 9.17) is 10.6 Å². The number of nitrogens with one attached hydrogen (secondary N) is 1. The van der Waals surface area contributed by atoms with Gasteiger partial charge >= 0.3 is 0 Å². The Morgan fingerprint density at radius 1 is 1.38 bits per heavy atom. The Hall–Kier alpha value is -1.61. The summed E-state index contributed by atoms with van der Waals surface area (Å²) >= 11 is 3.72. The third-order valence-electron chi connectivity index (χ3n) is 2.61. The number of nitrogens with zero attached hydrogens (tertiary/aromatic N) is 1. The van der Waals surface area contributed by atoms with Gasteiger partial charge in [-0.25, -0.2) is 0 Å². The molecule has 110 valence electrons. The Morgan fingerprint density at radius 3 is 2.71 bits per heavy atom. The summed E-state index contributed by atoms with van der Waals surface area (Å²) in [6.07, 6.45) is -0.735. The van der Waals surface area contributed by atoms with Gasteiger partial charge in [0.2, 0.25) is 6.10 Å². The molecule has 0 spiro atoms. The molecule has 1 heterocycles. The van der Waals surface area contributed by atoms with E-state index >= 15 is 0 Å². The second kappa shape index (κ2) is 7.41. The van der Waals surface area contributed by atoms with Crippen LogP contribution in [-0.4, -0.2) is 17.8 Å². The molecule has 21 heavy (non-hydrogen) atoms. The van der Waals surface area contributed by atoms with Gasteiger partial charge in [0.1, 0.15) is 0 Å². The Bertz CT molecular complexity index is 626. The lowest BCUT2D eigenvalue weighted by molar-refractivity contribution is -0.126. The third kappa shape index (κ3) is 4.71. The summed E-state index contributed by atoms with van der Waals surface area (Å²) in [5.74, 6) is -0.0248. The number of hydrogen-bond donors (Lipinski definition) is 2. The van der Waals surface area contributed by atoms with E-state index in [2.05, 4.69) is 33.1 Å². The summed E-state index contributed by atoms with van der Waals surface area (Å²) in [4.78, 5) is 17.1. The first kappa shape index (κ1) is 15.8. The number of amidine groups is 1. The molecule has 0 saturated carbocycles. The van der Waals surface area contributed by atoms with Crippen molar-refractivity contribution in [3.63, 3.8) is 0 Å². The van der Waals surface area contributed by atoms with Gasteiger partial charge < -0.3 is 15.9 Å². The van der Waals surface area contributed by atoms with E-state index in [-0.39, 0.29) is 11.7 Å². The number of rotatable bonds is 5. The number of hydrogen-bond acceptors (Lipinski definition) is 4. The zero-order valence-electron chi connectivity index (χ0n) is 11.2. The van der Waals surface area contributed by atoms with Gasteiger partial charge in [-0.05, 0) is 65.2 Å². The second-order valence-corrected chi connectivity index (χ2v) is 6.26. The molecule has 0 aliphatic rings. The number of benzene rings is 1. The molecular weight excluding hydrogens is 401 g/mol. The highest BCUT2D eigenvalue weighted by atomic mass is 127. The molecule has 0 radical (unpaired) electrons. The van der Waals surface area contributed by atoms with Crippen molar-refractivity contribution in [1.82, 2.24) is 0 Å². The van der Waals surface area contributed by atoms with Crippen LogP contribution < -0.4 is 11.1 Å². The Kier molecular flexibility index (Phi) is 5.57. The number of carbonyl (C=O) groups excluding carboxylic acids is 1. The maximum Gasteiger partial charge on any atom is 0.267 e. The van der Waals surface area contributed by atoms with E-state index in [1.165, 1.54) is 11.3 Å². The fourth-order valence-electron chi connectivity index (χ4n) is 1.42. The first-order valence-corrected chi connectivity index (χ1v) is 8.16. The van der Waals surface area contributed by atoms with E-state index in [9.17, 15) is 4.79 Å². The van der Waals surface area contributed by atoms with Crippen LogP contribution >= 0.6 is 33.9 Å². The minimum absolute atomic E-state index is 0.255. The molecule has 0 bridgehead atoms. The fraction of sp³-hybridized carbons (Fsp3) is 0.143. The van der Waals surface area contributed by atoms with Crippen LogP contribution in [0.4, 0.5) is 5.69 Å². The summed E-state index contributed by atoms with van der Waals surface area (Å²) < 4.78 is 1.10. The molecule has 1 aromatic heterocycles. The molecule has 7 heteroatoms. The van der Waals surface area contributed by atoms with Crippen molar-refractivity contribution in [1.29, 1.82) is 0 Å². The average molecular weight is 415 g/mol. The number of thiophene rings is 1. The van der Waals surface area contributed by atoms with Crippen LogP contribution in [0.5, 0.6) is 0 Å². The fourth-order valence-corrected chi connectivity index (χ4v) is 2.43. The first-order chi connectivity index (χ1) is 10.1. The van der Waals surface area contributed by atoms with Crippen molar-refractivity contribution in [3.8, 4) is 0 Å². The third-order valence-corrected chi connectivity index (χ3v) is 4.01. The largest absolute Gasteiger partial charge is 0.381 e. The van der Waals surface area contributed by atoms with E-state index < -0.39 is 6.10 Å². The lowest BCUT2D eigenvalue weighted by Crippen LogP contribution is -2.27. The first-order valence-electron chi connectivity index (χ1n) is 6.14. The molecule has 1 aromatic carbocycles. The van der Waals surface area contributed by atoms with Crippen LogP contribution in [0.3, 0.4) is 0 Å². The summed E-state index contributed by atoms with van der Waals surface area (Å²) in [6.45, 7) is 1.62. The van der Waals surface area contributed by atoms with Gasteiger partial charge in [-0.3, -0.25) is 4.79 Å². The van der Waals surface area contributed by atoms with Crippen molar-refractivity contribution in [2.45, 2.75) is 13.0 Å². The van der Waals surface area contributed by atoms with E-state index in [0.717, 1.165) is 9.13 Å². The zero-order chi connectivity index (χ0) is 15.2. The second-order valence-electron chi connectivity index (χ2n) is 4.23. The van der Waals surface area contributed by atoms with Crippen LogP contribution in [0, 0.1) is 3.57 Å². The summed E-state index contributed by atoms with van der Waals surface area (Å²) in [5.41, 5.74) is 7.25. The predicted molar refractivity (Wildman–Crippen MR) is 93.4 cm³/mol. The van der Waals surface area contributed by atoms with E-state index in [1.54, 1.807) is 6.92 Å². The molecule has 0 aliphatic carbocycles. The highest BCUT2D eigenvalue weighted by Gasteiger charge is 2.14. The Morgan fingerprint density at radius 2 is 2.10 bits per heavy atom. The van der Waals surface area contributed by atoms with Gasteiger partial charge in [0.25, 0.3) is 5.91 Å². The van der Waals surface area contributed by atoms with Crippen molar-refractivity contribution in [2.75, 3.05) is 5.32 Å². The van der Waals surface area contributed by atoms with Crippen LogP contribution in [-0.2, 0) is 9.63 Å². The average Bonchev–Trinajstić information content (AvgIpc) is 3.01. The number of carbonyl (C=O) groups is 1. The standard InChI is InChI=1S/C14H14IN3O2S/c1-9(20-18-13(16)10-6-7-21-8-10)14(19)17-12-4-2-11(15)3-5-12/h2-9H,1H3,(H2,16,18)(H,17,19). The van der Waals surface area contributed by atoms with Crippen LogP contribution in [0.15, 0.2) is 46.2 Å². The highest BCUT2D eigenvalue weighted by Crippen LogP contribution is 2.12. The van der Waals surface area contributed by atoms with E-state index in [1.807, 2.05) is 41.1 Å². The number of halogens is 1. The summed E-state index contributed by atoms with van der Waals surface area (Å²) in [6, 6.07) is 9.32. The predicted octanol–water partition coefficient (Wildman–Crippen LogP) is 3.02. The minimum atomic E-state index is -0.735. The summed E-state index contributed by atoms with van der Waals surface area (Å²) in [5, 5.41) is 10.3. The van der Waals surface area contributed by atoms with Crippen molar-refractivity contribution < 1.29 is 9.63 Å². The molecule has 0 fully saturated rings. The quantitative estimate of drug-likeness (QED) is 0.341. The van der Waals surface area contributed by atoms with Crippen molar-refractivity contribution in [2.24, 2.45) is 10.9 Å². The van der Waals surface area contributed by atoms with Gasteiger partial charge in [-0.15, -0.1) is 0 Å². The van der Waals surface area contributed by atoms with Crippen molar-refractivity contribution >= 4 is 51.4 Å².